The van der Waals surface area contributed by atoms with Crippen LogP contribution in [0.2, 0.25) is 0 Å². The highest BCUT2D eigenvalue weighted by Crippen LogP contribution is 2.34. The molecule has 4 aromatic rings. The molecule has 2 aromatic carbocycles. The lowest BCUT2D eigenvalue weighted by Crippen LogP contribution is -2.34. The van der Waals surface area contributed by atoms with Crippen LogP contribution in [0.4, 0.5) is 5.69 Å². The summed E-state index contributed by atoms with van der Waals surface area (Å²) in [5.41, 5.74) is 2.76. The van der Waals surface area contributed by atoms with E-state index in [4.69, 9.17) is 4.98 Å². The van der Waals surface area contributed by atoms with Crippen molar-refractivity contribution in [3.05, 3.63) is 87.0 Å². The van der Waals surface area contributed by atoms with Crippen LogP contribution in [0.1, 0.15) is 29.9 Å². The van der Waals surface area contributed by atoms with E-state index in [2.05, 4.69) is 0 Å². The van der Waals surface area contributed by atoms with E-state index in [1.165, 1.54) is 23.1 Å². The summed E-state index contributed by atoms with van der Waals surface area (Å²) < 4.78 is 1.69. The lowest BCUT2D eigenvalue weighted by Gasteiger charge is -2.25. The van der Waals surface area contributed by atoms with Crippen molar-refractivity contribution < 1.29 is 9.59 Å². The number of hydrogen-bond donors (Lipinski definition) is 0. The van der Waals surface area contributed by atoms with Crippen LogP contribution in [0.5, 0.6) is 0 Å². The van der Waals surface area contributed by atoms with Gasteiger partial charge < -0.3 is 9.80 Å². The molecule has 0 N–H and O–H groups in total. The number of rotatable bonds is 7. The van der Waals surface area contributed by atoms with Crippen molar-refractivity contribution in [3.8, 4) is 0 Å². The third kappa shape index (κ3) is 5.19. The van der Waals surface area contributed by atoms with Gasteiger partial charge in [0.1, 0.15) is 4.83 Å². The zero-order valence-corrected chi connectivity index (χ0v) is 22.5. The predicted octanol–water partition coefficient (Wildman–Crippen LogP) is 4.56. The Morgan fingerprint density at radius 3 is 2.46 bits per heavy atom. The van der Waals surface area contributed by atoms with Gasteiger partial charge in [0.05, 0.1) is 24.2 Å². The molecule has 190 valence electrons. The van der Waals surface area contributed by atoms with Gasteiger partial charge in [-0.1, -0.05) is 60.3 Å². The molecule has 2 aromatic heterocycles. The Bertz CT molecular complexity index is 1500. The van der Waals surface area contributed by atoms with E-state index in [1.54, 1.807) is 21.3 Å². The fourth-order valence-electron chi connectivity index (χ4n) is 4.66. The first-order chi connectivity index (χ1) is 18.0. The van der Waals surface area contributed by atoms with Crippen LogP contribution in [0.25, 0.3) is 10.2 Å². The van der Waals surface area contributed by atoms with Crippen LogP contribution >= 0.6 is 23.1 Å². The largest absolute Gasteiger partial charge is 0.337 e. The fraction of sp³-hybridized carbons (Fsp3) is 0.286. The van der Waals surface area contributed by atoms with Gasteiger partial charge in [0, 0.05) is 30.6 Å². The second-order valence-corrected chi connectivity index (χ2v) is 10.9. The first kappa shape index (κ1) is 25.2. The second-order valence-electron chi connectivity index (χ2n) is 8.91. The summed E-state index contributed by atoms with van der Waals surface area (Å²) in [5.74, 6) is 0.159. The molecule has 0 atom stereocenters. The minimum Gasteiger partial charge on any atom is -0.337 e. The molecule has 37 heavy (non-hydrogen) atoms. The van der Waals surface area contributed by atoms with Crippen LogP contribution in [0, 0.1) is 0 Å². The molecule has 0 bridgehead atoms. The zero-order valence-electron chi connectivity index (χ0n) is 20.8. The zero-order chi connectivity index (χ0) is 25.9. The molecule has 1 aliphatic rings. The molecule has 7 nitrogen and oxygen atoms in total. The molecule has 0 unspecified atom stereocenters. The lowest BCUT2D eigenvalue weighted by molar-refractivity contribution is -0.129. The Balaban J connectivity index is 1.51. The van der Waals surface area contributed by atoms with Gasteiger partial charge >= 0.3 is 0 Å². The maximum Gasteiger partial charge on any atom is 0.263 e. The normalized spacial score (nSPS) is 13.0. The van der Waals surface area contributed by atoms with Gasteiger partial charge in [-0.15, -0.1) is 11.3 Å². The average molecular weight is 533 g/mol. The van der Waals surface area contributed by atoms with E-state index >= 15 is 0 Å². The van der Waals surface area contributed by atoms with E-state index in [1.807, 2.05) is 67.6 Å². The van der Waals surface area contributed by atoms with Crippen LogP contribution in [-0.2, 0) is 29.1 Å². The van der Waals surface area contributed by atoms with Gasteiger partial charge in [-0.05, 0) is 36.6 Å². The van der Waals surface area contributed by atoms with Gasteiger partial charge in [-0.3, -0.25) is 19.0 Å². The Kier molecular flexibility index (Phi) is 7.43. The van der Waals surface area contributed by atoms with Crippen molar-refractivity contribution in [1.82, 2.24) is 14.5 Å². The quantitative estimate of drug-likeness (QED) is 0.258. The molecule has 0 fully saturated rings. The molecule has 9 heteroatoms. The molecule has 0 saturated carbocycles. The van der Waals surface area contributed by atoms with Crippen LogP contribution < -0.4 is 10.5 Å². The van der Waals surface area contributed by atoms with Crippen LogP contribution in [0.15, 0.2) is 70.6 Å². The maximum absolute atomic E-state index is 13.9. The summed E-state index contributed by atoms with van der Waals surface area (Å²) in [6, 6.07) is 19.4. The van der Waals surface area contributed by atoms with Crippen molar-refractivity contribution >= 4 is 50.8 Å². The number of thiophene rings is 1. The molecule has 5 rings (SSSR count). The summed E-state index contributed by atoms with van der Waals surface area (Å²) in [7, 11) is 0. The van der Waals surface area contributed by atoms with E-state index in [0.29, 0.717) is 48.0 Å². The van der Waals surface area contributed by atoms with Crippen LogP contribution in [-0.4, -0.2) is 45.1 Å². The average Bonchev–Trinajstić information content (AvgIpc) is 3.28. The standard InChI is InChI=1S/C28H28N4O3S2/c1-3-31(21-12-8-5-9-13-21)24(34)18-36-28-29-26-25(22-14-15-30(19(2)33)17-23(22)37-26)27(35)32(28)16-20-10-6-4-7-11-20/h4-13H,3,14-18H2,1-2H3. The highest BCUT2D eigenvalue weighted by atomic mass is 32.2. The van der Waals surface area contributed by atoms with E-state index in [0.717, 1.165) is 21.7 Å². The molecule has 2 amide bonds. The third-order valence-electron chi connectivity index (χ3n) is 6.56. The third-order valence-corrected chi connectivity index (χ3v) is 8.64. The molecule has 1 aliphatic heterocycles. The molecular formula is C28H28N4O3S2. The lowest BCUT2D eigenvalue weighted by atomic mass is 10.1. The summed E-state index contributed by atoms with van der Waals surface area (Å²) in [5, 5.41) is 1.18. The summed E-state index contributed by atoms with van der Waals surface area (Å²) >= 11 is 2.78. The van der Waals surface area contributed by atoms with Crippen molar-refractivity contribution in [2.24, 2.45) is 0 Å². The minimum atomic E-state index is -0.0898. The summed E-state index contributed by atoms with van der Waals surface area (Å²) in [6.45, 7) is 5.56. The van der Waals surface area contributed by atoms with Crippen molar-refractivity contribution in [1.29, 1.82) is 0 Å². The fourth-order valence-corrected chi connectivity index (χ4v) is 6.81. The molecule has 0 spiro atoms. The smallest absolute Gasteiger partial charge is 0.263 e. The van der Waals surface area contributed by atoms with Crippen LogP contribution in [0.3, 0.4) is 0 Å². The first-order valence-electron chi connectivity index (χ1n) is 12.3. The Hall–Kier alpha value is -3.43. The molecule has 0 saturated heterocycles. The Morgan fingerprint density at radius 1 is 1.08 bits per heavy atom. The van der Waals surface area contributed by atoms with Gasteiger partial charge in [-0.2, -0.15) is 0 Å². The number of benzene rings is 2. The van der Waals surface area contributed by atoms with E-state index in [9.17, 15) is 14.4 Å². The number of carbonyl (C=O) groups excluding carboxylic acids is 2. The monoisotopic (exact) mass is 532 g/mol. The number of amides is 2. The molecule has 0 radical (unpaired) electrons. The topological polar surface area (TPSA) is 75.5 Å². The SMILES string of the molecule is CCN(C(=O)CSc1nc2sc3c(c2c(=O)n1Cc1ccccc1)CCN(C(C)=O)C3)c1ccccc1. The van der Waals surface area contributed by atoms with Gasteiger partial charge in [0.25, 0.3) is 5.56 Å². The van der Waals surface area contributed by atoms with Gasteiger partial charge in [-0.25, -0.2) is 4.98 Å². The molecular weight excluding hydrogens is 504 g/mol. The highest BCUT2D eigenvalue weighted by molar-refractivity contribution is 7.99. The van der Waals surface area contributed by atoms with Gasteiger partial charge in [0.15, 0.2) is 5.16 Å². The van der Waals surface area contributed by atoms with Crippen molar-refractivity contribution in [2.75, 3.05) is 23.7 Å². The Morgan fingerprint density at radius 2 is 1.78 bits per heavy atom. The summed E-state index contributed by atoms with van der Waals surface area (Å²) in [4.78, 5) is 49.2. The number of hydrogen-bond acceptors (Lipinski definition) is 6. The number of carbonyl (C=O) groups is 2. The number of nitrogens with zero attached hydrogens (tertiary/aromatic N) is 4. The van der Waals surface area contributed by atoms with Crippen molar-refractivity contribution in [3.63, 3.8) is 0 Å². The molecule has 3 heterocycles. The van der Waals surface area contributed by atoms with E-state index < -0.39 is 0 Å². The van der Waals surface area contributed by atoms with E-state index in [-0.39, 0.29) is 23.1 Å². The van der Waals surface area contributed by atoms with Gasteiger partial charge in [0.2, 0.25) is 11.8 Å². The highest BCUT2D eigenvalue weighted by Gasteiger charge is 2.26. The Labute approximate surface area is 223 Å². The van der Waals surface area contributed by atoms with Crippen molar-refractivity contribution in [2.45, 2.75) is 38.5 Å². The number of fused-ring (bicyclic) bond motifs is 3. The minimum absolute atomic E-state index is 0.0335. The second kappa shape index (κ2) is 10.9. The number of aromatic nitrogens is 2. The predicted molar refractivity (Wildman–Crippen MR) is 149 cm³/mol. The number of para-hydroxylation sites is 1. The summed E-state index contributed by atoms with van der Waals surface area (Å²) in [6.07, 6.45) is 0.644. The maximum atomic E-state index is 13.9. The number of thioether (sulfide) groups is 1. The first-order valence-corrected chi connectivity index (χ1v) is 14.1. The number of anilines is 1. The molecule has 0 aliphatic carbocycles.